The number of hydrogen-bond donors (Lipinski definition) is 1. The molecule has 1 heterocycles. The topological polar surface area (TPSA) is 67.2 Å². The number of rotatable bonds is 5. The molecule has 0 atom stereocenters. The normalized spacial score (nSPS) is 10.7. The molecule has 102 valence electrons. The van der Waals surface area contributed by atoms with Crippen molar-refractivity contribution >= 4 is 23.9 Å². The van der Waals surface area contributed by atoms with E-state index in [4.69, 9.17) is 0 Å². The third kappa shape index (κ3) is 4.43. The Balaban J connectivity index is 1.79. The third-order valence-corrected chi connectivity index (χ3v) is 3.05. The predicted octanol–water partition coefficient (Wildman–Crippen LogP) is 1.86. The van der Waals surface area contributed by atoms with Crippen LogP contribution in [0.4, 0.5) is 4.39 Å². The number of hydrazone groups is 1. The van der Waals surface area contributed by atoms with Crippen molar-refractivity contribution in [1.82, 2.24) is 15.4 Å². The van der Waals surface area contributed by atoms with E-state index in [2.05, 4.69) is 20.5 Å². The van der Waals surface area contributed by atoms with Crippen molar-refractivity contribution in [3.05, 3.63) is 54.1 Å². The van der Waals surface area contributed by atoms with Crippen LogP contribution in [0.25, 0.3) is 0 Å². The molecule has 2 rings (SSSR count). The monoisotopic (exact) mass is 290 g/mol. The molecule has 0 radical (unpaired) electrons. The van der Waals surface area contributed by atoms with E-state index in [1.54, 1.807) is 36.7 Å². The molecule has 1 aromatic carbocycles. The van der Waals surface area contributed by atoms with Crippen LogP contribution in [-0.2, 0) is 4.79 Å². The van der Waals surface area contributed by atoms with Crippen molar-refractivity contribution in [2.24, 2.45) is 5.10 Å². The summed E-state index contributed by atoms with van der Waals surface area (Å²) in [5.41, 5.74) is 2.63. The van der Waals surface area contributed by atoms with Gasteiger partial charge in [0.1, 0.15) is 5.82 Å². The zero-order valence-electron chi connectivity index (χ0n) is 10.4. The van der Waals surface area contributed by atoms with Gasteiger partial charge in [0.25, 0.3) is 5.91 Å². The van der Waals surface area contributed by atoms with Crippen LogP contribution in [0.15, 0.2) is 53.0 Å². The SMILES string of the molecule is O=C(CSc1ncccn1)N/N=C\c1ccccc1F. The minimum Gasteiger partial charge on any atom is -0.272 e. The first kappa shape index (κ1) is 14.1. The zero-order chi connectivity index (χ0) is 14.2. The molecule has 1 N–H and O–H groups in total. The first-order valence-corrected chi connectivity index (χ1v) is 6.70. The summed E-state index contributed by atoms with van der Waals surface area (Å²) in [5.74, 6) is -0.564. The first-order valence-electron chi connectivity index (χ1n) is 5.72. The van der Waals surface area contributed by atoms with Gasteiger partial charge in [0.05, 0.1) is 12.0 Å². The number of hydrogen-bond acceptors (Lipinski definition) is 5. The molecule has 1 aromatic heterocycles. The predicted molar refractivity (Wildman–Crippen MR) is 74.9 cm³/mol. The standard InChI is InChI=1S/C13H11FN4OS/c14-11-5-2-1-4-10(11)8-17-18-12(19)9-20-13-15-6-3-7-16-13/h1-8H,9H2,(H,18,19)/b17-8-. The van der Waals surface area contributed by atoms with Crippen LogP contribution in [0.1, 0.15) is 5.56 Å². The van der Waals surface area contributed by atoms with Crippen molar-refractivity contribution in [2.75, 3.05) is 5.75 Å². The van der Waals surface area contributed by atoms with Gasteiger partial charge in [-0.3, -0.25) is 4.79 Å². The molecule has 0 aliphatic heterocycles. The Morgan fingerprint density at radius 1 is 1.30 bits per heavy atom. The van der Waals surface area contributed by atoms with Gasteiger partial charge in [-0.1, -0.05) is 30.0 Å². The molecule has 0 fully saturated rings. The summed E-state index contributed by atoms with van der Waals surface area (Å²) in [4.78, 5) is 19.4. The third-order valence-electron chi connectivity index (χ3n) is 2.17. The Morgan fingerprint density at radius 3 is 2.80 bits per heavy atom. The Labute approximate surface area is 119 Å². The van der Waals surface area contributed by atoms with E-state index < -0.39 is 5.82 Å². The van der Waals surface area contributed by atoms with Gasteiger partial charge >= 0.3 is 0 Å². The number of halogens is 1. The van der Waals surface area contributed by atoms with Crippen molar-refractivity contribution in [3.8, 4) is 0 Å². The number of amides is 1. The lowest BCUT2D eigenvalue weighted by atomic mass is 10.2. The number of thioether (sulfide) groups is 1. The molecule has 20 heavy (non-hydrogen) atoms. The van der Waals surface area contributed by atoms with Crippen molar-refractivity contribution in [2.45, 2.75) is 5.16 Å². The number of carbonyl (C=O) groups excluding carboxylic acids is 1. The first-order chi connectivity index (χ1) is 9.75. The van der Waals surface area contributed by atoms with Crippen molar-refractivity contribution in [3.63, 3.8) is 0 Å². The molecular formula is C13H11FN4OS. The lowest BCUT2D eigenvalue weighted by Gasteiger charge is -1.99. The summed E-state index contributed by atoms with van der Waals surface area (Å²) < 4.78 is 13.3. The molecule has 7 heteroatoms. The molecule has 0 aliphatic carbocycles. The van der Waals surface area contributed by atoms with Crippen LogP contribution >= 0.6 is 11.8 Å². The fourth-order valence-corrected chi connectivity index (χ4v) is 1.87. The van der Waals surface area contributed by atoms with Crippen LogP contribution in [0.5, 0.6) is 0 Å². The molecule has 2 aromatic rings. The number of aromatic nitrogens is 2. The maximum Gasteiger partial charge on any atom is 0.250 e. The minimum atomic E-state index is -0.391. The molecule has 0 saturated carbocycles. The lowest BCUT2D eigenvalue weighted by Crippen LogP contribution is -2.19. The Hall–Kier alpha value is -2.28. The Bertz CT molecular complexity index is 606. The zero-order valence-corrected chi connectivity index (χ0v) is 11.2. The number of nitrogens with zero attached hydrogens (tertiary/aromatic N) is 3. The van der Waals surface area contributed by atoms with E-state index >= 15 is 0 Å². The molecule has 1 amide bonds. The van der Waals surface area contributed by atoms with Gasteiger partial charge in [-0.25, -0.2) is 19.8 Å². The van der Waals surface area contributed by atoms with Gasteiger partial charge in [-0.05, 0) is 12.1 Å². The van der Waals surface area contributed by atoms with Gasteiger partial charge < -0.3 is 0 Å². The number of nitrogens with one attached hydrogen (secondary N) is 1. The maximum absolute atomic E-state index is 13.3. The quantitative estimate of drug-likeness (QED) is 0.395. The highest BCUT2D eigenvalue weighted by Crippen LogP contribution is 2.09. The Kier molecular flexibility index (Phi) is 5.19. The van der Waals surface area contributed by atoms with E-state index in [0.29, 0.717) is 10.7 Å². The van der Waals surface area contributed by atoms with Crippen LogP contribution in [0.2, 0.25) is 0 Å². The maximum atomic E-state index is 13.3. The summed E-state index contributed by atoms with van der Waals surface area (Å²) >= 11 is 1.20. The lowest BCUT2D eigenvalue weighted by molar-refractivity contribution is -0.118. The number of benzene rings is 1. The fourth-order valence-electron chi connectivity index (χ4n) is 1.28. The second kappa shape index (κ2) is 7.34. The summed E-state index contributed by atoms with van der Waals surface area (Å²) in [6.45, 7) is 0. The van der Waals surface area contributed by atoms with Gasteiger partial charge in [0.15, 0.2) is 5.16 Å². The second-order valence-corrected chi connectivity index (χ2v) is 4.58. The summed E-state index contributed by atoms with van der Waals surface area (Å²) in [7, 11) is 0. The van der Waals surface area contributed by atoms with E-state index in [0.717, 1.165) is 0 Å². The molecule has 0 aliphatic rings. The highest BCUT2D eigenvalue weighted by atomic mass is 32.2. The van der Waals surface area contributed by atoms with Gasteiger partial charge in [0.2, 0.25) is 0 Å². The summed E-state index contributed by atoms with van der Waals surface area (Å²) in [5, 5.41) is 4.21. The van der Waals surface area contributed by atoms with Crippen LogP contribution < -0.4 is 5.43 Å². The molecule has 0 spiro atoms. The van der Waals surface area contributed by atoms with Crippen molar-refractivity contribution in [1.29, 1.82) is 0 Å². The van der Waals surface area contributed by atoms with E-state index in [1.807, 2.05) is 0 Å². The minimum absolute atomic E-state index is 0.138. The van der Waals surface area contributed by atoms with Crippen LogP contribution in [0.3, 0.4) is 0 Å². The average molecular weight is 290 g/mol. The second-order valence-electron chi connectivity index (χ2n) is 3.63. The highest BCUT2D eigenvalue weighted by Gasteiger charge is 2.03. The van der Waals surface area contributed by atoms with Crippen LogP contribution in [-0.4, -0.2) is 27.8 Å². The van der Waals surface area contributed by atoms with E-state index in [1.165, 1.54) is 24.0 Å². The van der Waals surface area contributed by atoms with Gasteiger partial charge in [-0.15, -0.1) is 0 Å². The summed E-state index contributed by atoms with van der Waals surface area (Å²) in [6, 6.07) is 7.86. The largest absolute Gasteiger partial charge is 0.272 e. The fraction of sp³-hybridized carbons (Fsp3) is 0.0769. The van der Waals surface area contributed by atoms with E-state index in [-0.39, 0.29) is 11.7 Å². The van der Waals surface area contributed by atoms with E-state index in [9.17, 15) is 9.18 Å². The molecule has 0 bridgehead atoms. The van der Waals surface area contributed by atoms with Crippen LogP contribution in [0, 0.1) is 5.82 Å². The van der Waals surface area contributed by atoms with Gasteiger partial charge in [-0.2, -0.15) is 5.10 Å². The molecule has 0 saturated heterocycles. The average Bonchev–Trinajstić information content (AvgIpc) is 2.48. The summed E-state index contributed by atoms with van der Waals surface area (Å²) in [6.07, 6.45) is 4.46. The smallest absolute Gasteiger partial charge is 0.250 e. The number of carbonyl (C=O) groups is 1. The molecular weight excluding hydrogens is 279 g/mol. The van der Waals surface area contributed by atoms with Crippen molar-refractivity contribution < 1.29 is 9.18 Å². The molecule has 0 unspecified atom stereocenters. The highest BCUT2D eigenvalue weighted by molar-refractivity contribution is 7.99. The van der Waals surface area contributed by atoms with Gasteiger partial charge in [0, 0.05) is 18.0 Å². The Morgan fingerprint density at radius 2 is 2.05 bits per heavy atom. The molecule has 5 nitrogen and oxygen atoms in total.